The maximum absolute atomic E-state index is 13.8. The van der Waals surface area contributed by atoms with Crippen LogP contribution in [0.1, 0.15) is 65.6 Å². The molecule has 1 aromatic heterocycles. The molecule has 8 nitrogen and oxygen atoms in total. The molecule has 2 fully saturated rings. The summed E-state index contributed by atoms with van der Waals surface area (Å²) in [5, 5.41) is 16.7. The maximum atomic E-state index is 13.8. The van der Waals surface area contributed by atoms with Crippen LogP contribution in [0.4, 0.5) is 8.78 Å². The first-order valence-electron chi connectivity index (χ1n) is 12.7. The van der Waals surface area contributed by atoms with Gasteiger partial charge in [0.05, 0.1) is 18.2 Å². The normalized spacial score (nSPS) is 21.5. The second kappa shape index (κ2) is 11.9. The molecule has 0 spiro atoms. The zero-order valence-corrected chi connectivity index (χ0v) is 20.8. The van der Waals surface area contributed by atoms with Gasteiger partial charge >= 0.3 is 0 Å². The number of piperidine rings is 1. The number of pyridine rings is 1. The lowest BCUT2D eigenvalue weighted by molar-refractivity contribution is -0.125. The van der Waals surface area contributed by atoms with Crippen molar-refractivity contribution in [3.63, 3.8) is 0 Å². The lowest BCUT2D eigenvalue weighted by atomic mass is 9.90. The van der Waals surface area contributed by atoms with Crippen molar-refractivity contribution in [2.75, 3.05) is 13.1 Å². The van der Waals surface area contributed by atoms with Gasteiger partial charge in [0.15, 0.2) is 5.78 Å². The average Bonchev–Trinajstić information content (AvgIpc) is 3.36. The fraction of sp³-hybridized carbons (Fsp3) is 0.481. The number of rotatable bonds is 8. The Bertz CT molecular complexity index is 1140. The Morgan fingerprint density at radius 3 is 2.62 bits per heavy atom. The number of ketones is 1. The zero-order valence-electron chi connectivity index (χ0n) is 20.8. The molecule has 2 aliphatic heterocycles. The summed E-state index contributed by atoms with van der Waals surface area (Å²) < 4.78 is 27.6. The third-order valence-corrected chi connectivity index (χ3v) is 7.07. The molecule has 3 heterocycles. The number of hydrogen-bond acceptors (Lipinski definition) is 6. The van der Waals surface area contributed by atoms with Gasteiger partial charge in [-0.05, 0) is 68.5 Å². The first-order valence-corrected chi connectivity index (χ1v) is 12.7. The lowest BCUT2D eigenvalue weighted by Gasteiger charge is -2.32. The molecule has 4 atom stereocenters. The molecule has 198 valence electrons. The van der Waals surface area contributed by atoms with Crippen molar-refractivity contribution in [2.45, 2.75) is 69.7 Å². The Kier molecular flexibility index (Phi) is 8.60. The van der Waals surface area contributed by atoms with Gasteiger partial charge in [0, 0.05) is 25.1 Å². The standard InChI is InChI=1S/C27H32F2N4O4/c1-2-19-6-5-11-33(19)27(37)21-8-3-7-20(31-21)26(36)32-22(14-16-12-17(28)15-18(29)13-16)25(35)24-23(34)9-4-10-30-24/h3,7-8,12-13,15,19,22,24-25,30,35H,2,4-6,9-11,14H2,1H3,(H,32,36)/t19-,22-,24+,25-/m0/s1. The van der Waals surface area contributed by atoms with Crippen LogP contribution in [0.5, 0.6) is 0 Å². The molecule has 2 aromatic rings. The molecule has 0 bridgehead atoms. The molecule has 1 aromatic carbocycles. The van der Waals surface area contributed by atoms with Crippen LogP contribution in [0.3, 0.4) is 0 Å². The van der Waals surface area contributed by atoms with E-state index in [1.165, 1.54) is 6.07 Å². The maximum Gasteiger partial charge on any atom is 0.272 e. The number of Topliss-reactive ketones (excluding diaryl/α,β-unsaturated/α-hetero) is 1. The first-order chi connectivity index (χ1) is 17.8. The SMILES string of the molecule is CC[C@H]1CCCN1C(=O)c1cccc(C(=O)N[C@@H](Cc2cc(F)cc(F)c2)[C@H](O)[C@@H]2NCCCC2=O)n1. The largest absolute Gasteiger partial charge is 0.389 e. The van der Waals surface area contributed by atoms with E-state index >= 15 is 0 Å². The van der Waals surface area contributed by atoms with E-state index in [0.717, 1.165) is 37.5 Å². The highest BCUT2D eigenvalue weighted by Crippen LogP contribution is 2.22. The average molecular weight is 515 g/mol. The molecule has 37 heavy (non-hydrogen) atoms. The van der Waals surface area contributed by atoms with Gasteiger partial charge in [-0.3, -0.25) is 14.4 Å². The van der Waals surface area contributed by atoms with Crippen LogP contribution < -0.4 is 10.6 Å². The number of carbonyl (C=O) groups is 3. The molecule has 10 heteroatoms. The van der Waals surface area contributed by atoms with Gasteiger partial charge in [0.25, 0.3) is 11.8 Å². The highest BCUT2D eigenvalue weighted by atomic mass is 19.1. The monoisotopic (exact) mass is 514 g/mol. The van der Waals surface area contributed by atoms with Gasteiger partial charge in [0.2, 0.25) is 0 Å². The van der Waals surface area contributed by atoms with Crippen molar-refractivity contribution in [2.24, 2.45) is 0 Å². The van der Waals surface area contributed by atoms with E-state index in [2.05, 4.69) is 15.6 Å². The van der Waals surface area contributed by atoms with Crippen LogP contribution in [0.15, 0.2) is 36.4 Å². The fourth-order valence-corrected chi connectivity index (χ4v) is 5.17. The molecule has 3 N–H and O–H groups in total. The number of nitrogens with zero attached hydrogens (tertiary/aromatic N) is 2. The molecular weight excluding hydrogens is 482 g/mol. The van der Waals surface area contributed by atoms with Crippen molar-refractivity contribution < 1.29 is 28.3 Å². The van der Waals surface area contributed by atoms with Crippen molar-refractivity contribution in [1.82, 2.24) is 20.5 Å². The Balaban J connectivity index is 1.56. The van der Waals surface area contributed by atoms with Gasteiger partial charge in [-0.25, -0.2) is 13.8 Å². The number of halogens is 2. The highest BCUT2D eigenvalue weighted by molar-refractivity contribution is 5.96. The number of carbonyl (C=O) groups excluding carboxylic acids is 3. The van der Waals surface area contributed by atoms with E-state index in [0.29, 0.717) is 19.5 Å². The quantitative estimate of drug-likeness (QED) is 0.499. The summed E-state index contributed by atoms with van der Waals surface area (Å²) in [5.41, 5.74) is 0.312. The molecule has 0 radical (unpaired) electrons. The van der Waals surface area contributed by atoms with E-state index in [1.807, 2.05) is 6.92 Å². The minimum Gasteiger partial charge on any atom is -0.389 e. The zero-order chi connectivity index (χ0) is 26.5. The van der Waals surface area contributed by atoms with Gasteiger partial charge < -0.3 is 20.6 Å². The molecule has 2 amide bonds. The summed E-state index contributed by atoms with van der Waals surface area (Å²) >= 11 is 0. The van der Waals surface area contributed by atoms with E-state index < -0.39 is 35.7 Å². The third-order valence-electron chi connectivity index (χ3n) is 7.07. The second-order valence-electron chi connectivity index (χ2n) is 9.66. The summed E-state index contributed by atoms with van der Waals surface area (Å²) in [7, 11) is 0. The van der Waals surface area contributed by atoms with Crippen LogP contribution in [0.2, 0.25) is 0 Å². The van der Waals surface area contributed by atoms with Crippen molar-refractivity contribution in [3.8, 4) is 0 Å². The van der Waals surface area contributed by atoms with E-state index in [9.17, 15) is 28.3 Å². The number of aliphatic hydroxyl groups is 1. The summed E-state index contributed by atoms with van der Waals surface area (Å²) in [5.74, 6) is -2.71. The van der Waals surface area contributed by atoms with Crippen LogP contribution in [-0.2, 0) is 11.2 Å². The molecule has 0 saturated carbocycles. The number of aliphatic hydroxyl groups excluding tert-OH is 1. The number of amides is 2. The second-order valence-corrected chi connectivity index (χ2v) is 9.66. The first kappa shape index (κ1) is 26.8. The topological polar surface area (TPSA) is 112 Å². The number of nitrogens with one attached hydrogen (secondary N) is 2. The Labute approximate surface area is 214 Å². The molecule has 2 aliphatic rings. The third kappa shape index (κ3) is 6.37. The van der Waals surface area contributed by atoms with Crippen molar-refractivity contribution in [3.05, 3.63) is 65.0 Å². The summed E-state index contributed by atoms with van der Waals surface area (Å²) in [6, 6.07) is 5.67. The smallest absolute Gasteiger partial charge is 0.272 e. The predicted molar refractivity (Wildman–Crippen MR) is 132 cm³/mol. The summed E-state index contributed by atoms with van der Waals surface area (Å²) in [6.45, 7) is 3.18. The lowest BCUT2D eigenvalue weighted by Crippen LogP contribution is -2.58. The van der Waals surface area contributed by atoms with Crippen molar-refractivity contribution >= 4 is 17.6 Å². The van der Waals surface area contributed by atoms with Gasteiger partial charge in [0.1, 0.15) is 23.0 Å². The number of hydrogen-bond donors (Lipinski definition) is 3. The molecule has 4 rings (SSSR count). The van der Waals surface area contributed by atoms with Crippen LogP contribution >= 0.6 is 0 Å². The Morgan fingerprint density at radius 2 is 1.92 bits per heavy atom. The predicted octanol–water partition coefficient (Wildman–Crippen LogP) is 2.40. The van der Waals surface area contributed by atoms with E-state index in [-0.39, 0.29) is 47.5 Å². The fourth-order valence-electron chi connectivity index (χ4n) is 5.17. The minimum atomic E-state index is -1.36. The van der Waals surface area contributed by atoms with Crippen LogP contribution in [0.25, 0.3) is 0 Å². The number of likely N-dealkylation sites (tertiary alicyclic amines) is 1. The van der Waals surface area contributed by atoms with Crippen LogP contribution in [-0.4, -0.2) is 69.9 Å². The van der Waals surface area contributed by atoms with Gasteiger partial charge in [-0.1, -0.05) is 13.0 Å². The summed E-state index contributed by atoms with van der Waals surface area (Å²) in [4.78, 5) is 44.7. The van der Waals surface area contributed by atoms with Crippen LogP contribution in [0, 0.1) is 11.6 Å². The minimum absolute atomic E-state index is 0.0383. The molecule has 0 aliphatic carbocycles. The molecular formula is C27H32F2N4O4. The molecule has 0 unspecified atom stereocenters. The molecule has 2 saturated heterocycles. The summed E-state index contributed by atoms with van der Waals surface area (Å²) in [6.07, 6.45) is 2.11. The van der Waals surface area contributed by atoms with Gasteiger partial charge in [-0.2, -0.15) is 0 Å². The van der Waals surface area contributed by atoms with Crippen molar-refractivity contribution in [1.29, 1.82) is 0 Å². The highest BCUT2D eigenvalue weighted by Gasteiger charge is 2.35. The Hall–Kier alpha value is -3.24. The number of benzene rings is 1. The van der Waals surface area contributed by atoms with Gasteiger partial charge in [-0.15, -0.1) is 0 Å². The Morgan fingerprint density at radius 1 is 1.19 bits per heavy atom. The number of aromatic nitrogens is 1. The van der Waals surface area contributed by atoms with E-state index in [1.54, 1.807) is 17.0 Å². The van der Waals surface area contributed by atoms with E-state index in [4.69, 9.17) is 0 Å².